The van der Waals surface area contributed by atoms with Crippen LogP contribution in [0.1, 0.15) is 36.0 Å². The third-order valence-electron chi connectivity index (χ3n) is 4.59. The van der Waals surface area contributed by atoms with Gasteiger partial charge in [0.25, 0.3) is 5.91 Å². The summed E-state index contributed by atoms with van der Waals surface area (Å²) in [5.74, 6) is 0.328. The van der Waals surface area contributed by atoms with E-state index in [-0.39, 0.29) is 17.9 Å². The van der Waals surface area contributed by atoms with Gasteiger partial charge in [0.1, 0.15) is 5.75 Å². The van der Waals surface area contributed by atoms with Gasteiger partial charge in [-0.05, 0) is 55.7 Å². The summed E-state index contributed by atoms with van der Waals surface area (Å²) in [6.07, 6.45) is 2.90. The lowest BCUT2D eigenvalue weighted by atomic mass is 10.1. The Kier molecular flexibility index (Phi) is 7.90. The molecule has 0 saturated carbocycles. The zero-order valence-electron chi connectivity index (χ0n) is 16.2. The van der Waals surface area contributed by atoms with Crippen molar-refractivity contribution in [2.75, 3.05) is 25.1 Å². The van der Waals surface area contributed by atoms with E-state index in [9.17, 15) is 9.59 Å². The van der Waals surface area contributed by atoms with Gasteiger partial charge in [-0.1, -0.05) is 23.7 Å². The highest BCUT2D eigenvalue weighted by Gasteiger charge is 2.18. The van der Waals surface area contributed by atoms with Gasteiger partial charge in [-0.2, -0.15) is 0 Å². The van der Waals surface area contributed by atoms with E-state index in [0.717, 1.165) is 19.4 Å². The molecular formula is C22H25ClN2O4. The molecule has 0 spiro atoms. The molecule has 2 amide bonds. The van der Waals surface area contributed by atoms with E-state index >= 15 is 0 Å². The van der Waals surface area contributed by atoms with Gasteiger partial charge >= 0.3 is 0 Å². The number of carbonyl (C=O) groups excluding carboxylic acids is 2. The van der Waals surface area contributed by atoms with E-state index in [1.54, 1.807) is 48.5 Å². The minimum absolute atomic E-state index is 0.0707. The van der Waals surface area contributed by atoms with Gasteiger partial charge in [0.05, 0.1) is 24.0 Å². The molecule has 0 unspecified atom stereocenters. The topological polar surface area (TPSA) is 76.7 Å². The summed E-state index contributed by atoms with van der Waals surface area (Å²) in [5, 5.41) is 6.35. The van der Waals surface area contributed by atoms with Gasteiger partial charge in [0.15, 0.2) is 0 Å². The molecule has 154 valence electrons. The Morgan fingerprint density at radius 1 is 1.14 bits per heavy atom. The number of hydrogen-bond donors (Lipinski definition) is 2. The maximum Gasteiger partial charge on any atom is 0.253 e. The predicted molar refractivity (Wildman–Crippen MR) is 113 cm³/mol. The van der Waals surface area contributed by atoms with Crippen molar-refractivity contribution in [1.29, 1.82) is 0 Å². The highest BCUT2D eigenvalue weighted by Crippen LogP contribution is 2.18. The molecule has 1 heterocycles. The van der Waals surface area contributed by atoms with Gasteiger partial charge in [-0.3, -0.25) is 9.59 Å². The van der Waals surface area contributed by atoms with Gasteiger partial charge < -0.3 is 20.1 Å². The maximum atomic E-state index is 12.5. The van der Waals surface area contributed by atoms with E-state index in [1.807, 2.05) is 0 Å². The van der Waals surface area contributed by atoms with Crippen molar-refractivity contribution >= 4 is 29.1 Å². The molecule has 29 heavy (non-hydrogen) atoms. The Labute approximate surface area is 175 Å². The molecule has 3 rings (SSSR count). The summed E-state index contributed by atoms with van der Waals surface area (Å²) < 4.78 is 11.1. The lowest BCUT2D eigenvalue weighted by Crippen LogP contribution is -2.32. The largest absolute Gasteiger partial charge is 0.494 e. The van der Waals surface area contributed by atoms with Crippen LogP contribution in [0.2, 0.25) is 5.02 Å². The normalized spacial score (nSPS) is 15.7. The van der Waals surface area contributed by atoms with Crippen LogP contribution in [0.5, 0.6) is 5.75 Å². The molecule has 2 N–H and O–H groups in total. The Hall–Kier alpha value is -2.57. The number of nitrogens with one attached hydrogen (secondary N) is 2. The first-order valence-corrected chi connectivity index (χ1v) is 10.2. The highest BCUT2D eigenvalue weighted by molar-refractivity contribution is 6.30. The van der Waals surface area contributed by atoms with Crippen molar-refractivity contribution in [2.45, 2.75) is 31.8 Å². The highest BCUT2D eigenvalue weighted by atomic mass is 35.5. The molecule has 0 bridgehead atoms. The number of carbonyl (C=O) groups is 2. The number of hydrogen-bond acceptors (Lipinski definition) is 4. The molecule has 1 aliphatic heterocycles. The lowest BCUT2D eigenvalue weighted by Gasteiger charge is -2.14. The summed E-state index contributed by atoms with van der Waals surface area (Å²) >= 11 is 5.84. The summed E-state index contributed by atoms with van der Waals surface area (Å²) in [7, 11) is 0. The van der Waals surface area contributed by atoms with Crippen molar-refractivity contribution in [3.8, 4) is 5.75 Å². The standard InChI is InChI=1S/C22H25ClN2O4/c23-16-9-11-17(12-10-16)28-14-4-8-21(26)25-20-7-2-1-6-19(20)22(27)24-15-18-5-3-13-29-18/h1-2,6-7,9-12,18H,3-5,8,13-15H2,(H,24,27)(H,25,26)/t18-/m0/s1. The summed E-state index contributed by atoms with van der Waals surface area (Å²) in [6.45, 7) is 1.64. The molecule has 1 fully saturated rings. The van der Waals surface area contributed by atoms with Crippen LogP contribution in [0, 0.1) is 0 Å². The number of ether oxygens (including phenoxy) is 2. The Morgan fingerprint density at radius 2 is 1.93 bits per heavy atom. The number of benzene rings is 2. The molecule has 1 saturated heterocycles. The average Bonchev–Trinajstić information content (AvgIpc) is 3.25. The van der Waals surface area contributed by atoms with E-state index < -0.39 is 0 Å². The summed E-state index contributed by atoms with van der Waals surface area (Å²) in [5.41, 5.74) is 0.942. The molecule has 2 aromatic rings. The third-order valence-corrected chi connectivity index (χ3v) is 4.84. The average molecular weight is 417 g/mol. The minimum atomic E-state index is -0.220. The van der Waals surface area contributed by atoms with Crippen molar-refractivity contribution in [2.24, 2.45) is 0 Å². The monoisotopic (exact) mass is 416 g/mol. The fourth-order valence-electron chi connectivity index (χ4n) is 3.06. The van der Waals surface area contributed by atoms with E-state index in [1.165, 1.54) is 0 Å². The number of halogens is 1. The Bertz CT molecular complexity index is 820. The van der Waals surface area contributed by atoms with Crippen LogP contribution >= 0.6 is 11.6 Å². The Morgan fingerprint density at radius 3 is 2.69 bits per heavy atom. The predicted octanol–water partition coefficient (Wildman–Crippen LogP) is 4.05. The molecule has 0 aliphatic carbocycles. The number of rotatable bonds is 9. The summed E-state index contributed by atoms with van der Waals surface area (Å²) in [4.78, 5) is 24.8. The van der Waals surface area contributed by atoms with Crippen molar-refractivity contribution < 1.29 is 19.1 Å². The zero-order valence-corrected chi connectivity index (χ0v) is 16.9. The minimum Gasteiger partial charge on any atom is -0.494 e. The number of para-hydroxylation sites is 1. The fourth-order valence-corrected chi connectivity index (χ4v) is 3.19. The molecule has 1 aliphatic rings. The molecule has 1 atom stereocenters. The van der Waals surface area contributed by atoms with Crippen LogP contribution in [0.15, 0.2) is 48.5 Å². The Balaban J connectivity index is 1.44. The van der Waals surface area contributed by atoms with Crippen LogP contribution in [0.3, 0.4) is 0 Å². The van der Waals surface area contributed by atoms with Gasteiger partial charge in [-0.25, -0.2) is 0 Å². The zero-order chi connectivity index (χ0) is 20.5. The number of amides is 2. The van der Waals surface area contributed by atoms with Crippen LogP contribution in [-0.2, 0) is 9.53 Å². The quantitative estimate of drug-likeness (QED) is 0.605. The van der Waals surface area contributed by atoms with Gasteiger partial charge in [0, 0.05) is 24.6 Å². The fraction of sp³-hybridized carbons (Fsp3) is 0.364. The second kappa shape index (κ2) is 10.8. The molecule has 0 aromatic heterocycles. The second-order valence-corrected chi connectivity index (χ2v) is 7.28. The second-order valence-electron chi connectivity index (χ2n) is 6.84. The van der Waals surface area contributed by atoms with Crippen LogP contribution in [0.4, 0.5) is 5.69 Å². The molecule has 0 radical (unpaired) electrons. The van der Waals surface area contributed by atoms with Crippen molar-refractivity contribution in [3.63, 3.8) is 0 Å². The van der Waals surface area contributed by atoms with E-state index in [0.29, 0.717) is 48.0 Å². The molecule has 6 nitrogen and oxygen atoms in total. The van der Waals surface area contributed by atoms with E-state index in [4.69, 9.17) is 21.1 Å². The van der Waals surface area contributed by atoms with Crippen molar-refractivity contribution in [3.05, 3.63) is 59.1 Å². The van der Waals surface area contributed by atoms with Crippen LogP contribution < -0.4 is 15.4 Å². The summed E-state index contributed by atoms with van der Waals surface area (Å²) in [6, 6.07) is 14.1. The SMILES string of the molecule is O=C(CCCOc1ccc(Cl)cc1)Nc1ccccc1C(=O)NC[C@@H]1CCCO1. The van der Waals surface area contributed by atoms with Gasteiger partial charge in [-0.15, -0.1) is 0 Å². The first-order valence-electron chi connectivity index (χ1n) is 9.79. The first kappa shape index (κ1) is 21.1. The first-order chi connectivity index (χ1) is 14.1. The molecule has 7 heteroatoms. The van der Waals surface area contributed by atoms with Crippen molar-refractivity contribution in [1.82, 2.24) is 5.32 Å². The maximum absolute atomic E-state index is 12.5. The van der Waals surface area contributed by atoms with E-state index in [2.05, 4.69) is 10.6 Å². The third kappa shape index (κ3) is 6.76. The van der Waals surface area contributed by atoms with Crippen LogP contribution in [0.25, 0.3) is 0 Å². The molecular weight excluding hydrogens is 392 g/mol. The smallest absolute Gasteiger partial charge is 0.253 e. The number of anilines is 1. The van der Waals surface area contributed by atoms with Gasteiger partial charge in [0.2, 0.25) is 5.91 Å². The lowest BCUT2D eigenvalue weighted by molar-refractivity contribution is -0.116. The molecule has 2 aromatic carbocycles. The van der Waals surface area contributed by atoms with Crippen LogP contribution in [-0.4, -0.2) is 37.7 Å².